The number of aliphatic hydroxyl groups excluding tert-OH is 1. The molecule has 3 atom stereocenters. The summed E-state index contributed by atoms with van der Waals surface area (Å²) in [4.78, 5) is 14.7. The monoisotopic (exact) mass is 467 g/mol. The van der Waals surface area contributed by atoms with Crippen LogP contribution >= 0.6 is 24.0 Å². The summed E-state index contributed by atoms with van der Waals surface area (Å²) < 4.78 is 7.10. The number of thioether (sulfide) groups is 1. The Kier molecular flexibility index (Phi) is 9.13. The van der Waals surface area contributed by atoms with Crippen LogP contribution in [0.2, 0.25) is 18.1 Å². The molecule has 4 nitrogen and oxygen atoms in total. The lowest BCUT2D eigenvalue weighted by molar-refractivity contribution is -0.130. The molecule has 2 rings (SSSR count). The highest BCUT2D eigenvalue weighted by Gasteiger charge is 2.39. The number of aliphatic hydroxyl groups is 1. The van der Waals surface area contributed by atoms with Crippen LogP contribution in [-0.4, -0.2) is 52.6 Å². The molecule has 1 saturated heterocycles. The van der Waals surface area contributed by atoms with E-state index in [1.807, 2.05) is 18.2 Å². The molecule has 1 aliphatic rings. The fraction of sp³-hybridized carbons (Fsp3) is 0.652. The second kappa shape index (κ2) is 10.7. The number of hydrogen-bond acceptors (Lipinski definition) is 5. The van der Waals surface area contributed by atoms with Crippen LogP contribution in [0.3, 0.4) is 0 Å². The van der Waals surface area contributed by atoms with Crippen molar-refractivity contribution in [3.63, 3.8) is 0 Å². The highest BCUT2D eigenvalue weighted by Crippen LogP contribution is 2.38. The first-order valence-corrected chi connectivity index (χ1v) is 15.1. The number of thiocarbonyl (C=S) groups is 1. The Balaban J connectivity index is 1.96. The van der Waals surface area contributed by atoms with Gasteiger partial charge in [-0.2, -0.15) is 0 Å². The van der Waals surface area contributed by atoms with E-state index in [2.05, 4.69) is 52.9 Å². The van der Waals surface area contributed by atoms with Crippen LogP contribution in [-0.2, 0) is 15.6 Å². The molecule has 0 spiro atoms. The lowest BCUT2D eigenvalue weighted by Crippen LogP contribution is -2.45. The van der Waals surface area contributed by atoms with Crippen molar-refractivity contribution in [3.8, 4) is 0 Å². The Morgan fingerprint density at radius 2 is 1.97 bits per heavy atom. The van der Waals surface area contributed by atoms with Crippen molar-refractivity contribution in [1.82, 2.24) is 4.90 Å². The van der Waals surface area contributed by atoms with Crippen molar-refractivity contribution in [2.24, 2.45) is 0 Å². The summed E-state index contributed by atoms with van der Waals surface area (Å²) in [5, 5.41) is 10.8. The first kappa shape index (κ1) is 25.5. The lowest BCUT2D eigenvalue weighted by Gasteiger charge is -2.39. The molecule has 1 fully saturated rings. The molecule has 1 aromatic carbocycles. The van der Waals surface area contributed by atoms with Crippen LogP contribution in [0.25, 0.3) is 0 Å². The van der Waals surface area contributed by atoms with Crippen molar-refractivity contribution in [1.29, 1.82) is 0 Å². The Hall–Kier alpha value is -0.733. The van der Waals surface area contributed by atoms with Crippen LogP contribution in [0.15, 0.2) is 30.3 Å². The van der Waals surface area contributed by atoms with Gasteiger partial charge in [0.15, 0.2) is 8.32 Å². The number of carbonyl (C=O) groups excluding carboxylic acids is 1. The molecule has 7 heteroatoms. The fourth-order valence-electron chi connectivity index (χ4n) is 3.38. The van der Waals surface area contributed by atoms with Crippen molar-refractivity contribution < 1.29 is 14.3 Å². The molecule has 168 valence electrons. The minimum absolute atomic E-state index is 0.0336. The maximum absolute atomic E-state index is 13.0. The topological polar surface area (TPSA) is 49.8 Å². The van der Waals surface area contributed by atoms with E-state index in [1.165, 1.54) is 5.56 Å². The molecule has 0 aromatic heterocycles. The Labute approximate surface area is 192 Å². The smallest absolute Gasteiger partial charge is 0.230 e. The Morgan fingerprint density at radius 1 is 1.33 bits per heavy atom. The van der Waals surface area contributed by atoms with Crippen LogP contribution in [0.4, 0.5) is 0 Å². The van der Waals surface area contributed by atoms with Gasteiger partial charge >= 0.3 is 0 Å². The maximum atomic E-state index is 13.0. The van der Waals surface area contributed by atoms with Gasteiger partial charge in [0.25, 0.3) is 0 Å². The first-order valence-electron chi connectivity index (χ1n) is 10.8. The van der Waals surface area contributed by atoms with Gasteiger partial charge in [0, 0.05) is 11.9 Å². The molecule has 1 N–H and O–H groups in total. The van der Waals surface area contributed by atoms with E-state index in [1.54, 1.807) is 16.7 Å². The Morgan fingerprint density at radius 3 is 2.53 bits per heavy atom. The number of carbonyl (C=O) groups is 1. The van der Waals surface area contributed by atoms with Crippen molar-refractivity contribution in [2.75, 3.05) is 5.75 Å². The van der Waals surface area contributed by atoms with E-state index in [-0.39, 0.29) is 29.5 Å². The molecule has 0 unspecified atom stereocenters. The molecule has 0 radical (unpaired) electrons. The molecular weight excluding hydrogens is 430 g/mol. The van der Waals surface area contributed by atoms with E-state index >= 15 is 0 Å². The Bertz CT molecular complexity index is 721. The second-order valence-electron chi connectivity index (χ2n) is 9.69. The number of amides is 1. The quantitative estimate of drug-likeness (QED) is 0.389. The zero-order valence-corrected chi connectivity index (χ0v) is 21.8. The average molecular weight is 468 g/mol. The fourth-order valence-corrected chi connectivity index (χ4v) is 6.28. The minimum atomic E-state index is -1.92. The van der Waals surface area contributed by atoms with Gasteiger partial charge in [-0.3, -0.25) is 9.69 Å². The summed E-state index contributed by atoms with van der Waals surface area (Å²) in [6.07, 6.45) is 1.41. The second-order valence-corrected chi connectivity index (χ2v) is 16.1. The van der Waals surface area contributed by atoms with Gasteiger partial charge < -0.3 is 9.53 Å². The SMILES string of the molecule is CC[C@H](C[C@@H](O)CC(=O)N1C(=S)SC[C@H]1Cc1ccccc1)O[Si](C)(C)C(C)(C)C. The van der Waals surface area contributed by atoms with Gasteiger partial charge in [-0.1, -0.05) is 82.0 Å². The van der Waals surface area contributed by atoms with Gasteiger partial charge in [-0.05, 0) is 43.0 Å². The average Bonchev–Trinajstić information content (AvgIpc) is 3.01. The van der Waals surface area contributed by atoms with E-state index in [9.17, 15) is 9.90 Å². The summed E-state index contributed by atoms with van der Waals surface area (Å²) in [6, 6.07) is 10.2. The number of benzene rings is 1. The molecule has 0 aliphatic carbocycles. The maximum Gasteiger partial charge on any atom is 0.230 e. The summed E-state index contributed by atoms with van der Waals surface area (Å²) in [6.45, 7) is 13.2. The molecule has 1 aliphatic heterocycles. The number of hydrogen-bond donors (Lipinski definition) is 1. The highest BCUT2D eigenvalue weighted by molar-refractivity contribution is 8.23. The third kappa shape index (κ3) is 6.89. The molecule has 30 heavy (non-hydrogen) atoms. The van der Waals surface area contributed by atoms with Gasteiger partial charge in [-0.15, -0.1) is 0 Å². The molecule has 1 aromatic rings. The zero-order valence-electron chi connectivity index (χ0n) is 19.2. The van der Waals surface area contributed by atoms with E-state index in [4.69, 9.17) is 16.6 Å². The van der Waals surface area contributed by atoms with E-state index < -0.39 is 14.4 Å². The number of nitrogens with zero attached hydrogens (tertiary/aromatic N) is 1. The highest BCUT2D eigenvalue weighted by atomic mass is 32.2. The zero-order chi connectivity index (χ0) is 22.5. The van der Waals surface area contributed by atoms with Crippen LogP contribution in [0.1, 0.15) is 52.5 Å². The van der Waals surface area contributed by atoms with Gasteiger partial charge in [-0.25, -0.2) is 0 Å². The lowest BCUT2D eigenvalue weighted by atomic mass is 10.0. The van der Waals surface area contributed by atoms with Crippen molar-refractivity contribution >= 4 is 42.5 Å². The minimum Gasteiger partial charge on any atom is -0.414 e. The molecule has 1 heterocycles. The van der Waals surface area contributed by atoms with Gasteiger partial charge in [0.2, 0.25) is 5.91 Å². The predicted molar refractivity (Wildman–Crippen MR) is 133 cm³/mol. The van der Waals surface area contributed by atoms with Crippen LogP contribution in [0, 0.1) is 0 Å². The van der Waals surface area contributed by atoms with Crippen LogP contribution in [0.5, 0.6) is 0 Å². The molecule has 0 saturated carbocycles. The third-order valence-electron chi connectivity index (χ3n) is 6.21. The summed E-state index contributed by atoms with van der Waals surface area (Å²) in [5.74, 6) is 0.724. The number of rotatable bonds is 9. The third-order valence-corrected chi connectivity index (χ3v) is 12.3. The predicted octanol–water partition coefficient (Wildman–Crippen LogP) is 5.40. The molecule has 1 amide bonds. The summed E-state index contributed by atoms with van der Waals surface area (Å²) in [7, 11) is -1.92. The normalized spacial score (nSPS) is 19.8. The van der Waals surface area contributed by atoms with E-state index in [0.717, 1.165) is 18.6 Å². The van der Waals surface area contributed by atoms with Crippen molar-refractivity contribution in [3.05, 3.63) is 35.9 Å². The van der Waals surface area contributed by atoms with Gasteiger partial charge in [0.1, 0.15) is 4.32 Å². The molecular formula is C23H37NO3S2Si. The largest absolute Gasteiger partial charge is 0.414 e. The van der Waals surface area contributed by atoms with Crippen LogP contribution < -0.4 is 0 Å². The summed E-state index contributed by atoms with van der Waals surface area (Å²) in [5.41, 5.74) is 1.19. The summed E-state index contributed by atoms with van der Waals surface area (Å²) >= 11 is 7.01. The standard InChI is InChI=1S/C23H37NO3S2Si/c1-7-20(27-30(5,6)23(2,3)4)14-19(25)15-21(26)24-18(16-29-22(24)28)13-17-11-9-8-10-12-17/h8-12,18-20,25H,7,13-16H2,1-6H3/t18-,19-,20-/m1/s1. The van der Waals surface area contributed by atoms with Crippen molar-refractivity contribution in [2.45, 2.75) is 89.8 Å². The first-order chi connectivity index (χ1) is 13.9. The van der Waals surface area contributed by atoms with Gasteiger partial charge in [0.05, 0.1) is 18.6 Å². The molecule has 0 bridgehead atoms. The van der Waals surface area contributed by atoms with E-state index in [0.29, 0.717) is 10.7 Å².